The summed E-state index contributed by atoms with van der Waals surface area (Å²) in [5.41, 5.74) is 0.965. The molecule has 37 heavy (non-hydrogen) atoms. The van der Waals surface area contributed by atoms with Crippen LogP contribution < -0.4 is 16.0 Å². The first-order valence-corrected chi connectivity index (χ1v) is 13.2. The summed E-state index contributed by atoms with van der Waals surface area (Å²) in [4.78, 5) is 54.5. The van der Waals surface area contributed by atoms with Crippen LogP contribution in [0.4, 0.5) is 5.82 Å². The molecular formula is C24H26ClN7O4S. The van der Waals surface area contributed by atoms with Crippen molar-refractivity contribution in [1.82, 2.24) is 30.5 Å². The van der Waals surface area contributed by atoms with Gasteiger partial charge < -0.3 is 25.3 Å². The predicted octanol–water partition coefficient (Wildman–Crippen LogP) is 2.36. The zero-order chi connectivity index (χ0) is 25.9. The van der Waals surface area contributed by atoms with Crippen molar-refractivity contribution in [3.63, 3.8) is 0 Å². The molecule has 0 saturated heterocycles. The first kappa shape index (κ1) is 25.3. The van der Waals surface area contributed by atoms with Gasteiger partial charge in [-0.2, -0.15) is 0 Å². The molecule has 1 saturated carbocycles. The summed E-state index contributed by atoms with van der Waals surface area (Å²) < 4.78 is 5.50. The van der Waals surface area contributed by atoms with E-state index >= 15 is 0 Å². The Hall–Kier alpha value is -3.35. The van der Waals surface area contributed by atoms with Crippen molar-refractivity contribution in [3.8, 4) is 0 Å². The lowest BCUT2D eigenvalue weighted by Gasteiger charge is -2.35. The van der Waals surface area contributed by atoms with Gasteiger partial charge in [0.2, 0.25) is 0 Å². The molecule has 13 heteroatoms. The van der Waals surface area contributed by atoms with E-state index in [4.69, 9.17) is 16.0 Å². The molecule has 5 rings (SSSR count). The van der Waals surface area contributed by atoms with Gasteiger partial charge in [0, 0.05) is 42.5 Å². The molecule has 3 atom stereocenters. The van der Waals surface area contributed by atoms with Gasteiger partial charge in [0.25, 0.3) is 5.91 Å². The normalized spacial score (nSPS) is 21.6. The van der Waals surface area contributed by atoms with Crippen molar-refractivity contribution < 1.29 is 18.8 Å². The van der Waals surface area contributed by atoms with Gasteiger partial charge in [-0.25, -0.2) is 15.0 Å². The number of amides is 3. The van der Waals surface area contributed by atoms with E-state index < -0.39 is 23.9 Å². The molecule has 11 nitrogen and oxygen atoms in total. The van der Waals surface area contributed by atoms with E-state index in [0.717, 1.165) is 30.1 Å². The fourth-order valence-electron chi connectivity index (χ4n) is 4.67. The van der Waals surface area contributed by atoms with Crippen molar-refractivity contribution in [1.29, 1.82) is 0 Å². The number of pyridine rings is 1. The van der Waals surface area contributed by atoms with Crippen LogP contribution in [0.15, 0.2) is 35.2 Å². The first-order valence-electron chi connectivity index (χ1n) is 12.0. The number of likely N-dealkylation sites (N-methyl/N-ethyl adjacent to an activating group) is 1. The van der Waals surface area contributed by atoms with Gasteiger partial charge in [-0.1, -0.05) is 11.6 Å². The van der Waals surface area contributed by atoms with Crippen LogP contribution in [0, 0.1) is 0 Å². The van der Waals surface area contributed by atoms with Gasteiger partial charge >= 0.3 is 11.8 Å². The van der Waals surface area contributed by atoms with Crippen LogP contribution in [-0.4, -0.2) is 63.2 Å². The zero-order valence-electron chi connectivity index (χ0n) is 20.1. The summed E-state index contributed by atoms with van der Waals surface area (Å²) in [6, 6.07) is 2.15. The number of carbonyl (C=O) groups excluding carboxylic acids is 3. The molecule has 3 aromatic rings. The Labute approximate surface area is 222 Å². The molecule has 0 unspecified atom stereocenters. The van der Waals surface area contributed by atoms with E-state index in [1.165, 1.54) is 29.9 Å². The number of thiazole rings is 1. The summed E-state index contributed by atoms with van der Waals surface area (Å²) in [7, 11) is 2.04. The highest BCUT2D eigenvalue weighted by Crippen LogP contribution is 2.33. The summed E-state index contributed by atoms with van der Waals surface area (Å²) >= 11 is 7.21. The Bertz CT molecular complexity index is 1280. The predicted molar refractivity (Wildman–Crippen MR) is 136 cm³/mol. The number of halogens is 1. The summed E-state index contributed by atoms with van der Waals surface area (Å²) in [5.74, 6) is -1.20. The third-order valence-electron chi connectivity index (χ3n) is 6.58. The first-order chi connectivity index (χ1) is 17.9. The average Bonchev–Trinajstić information content (AvgIpc) is 3.56. The number of hydrogen-bond acceptors (Lipinski definition) is 9. The minimum Gasteiger partial charge on any atom is -0.449 e. The Morgan fingerprint density at radius 1 is 1.14 bits per heavy atom. The molecule has 1 aliphatic heterocycles. The molecule has 3 amide bonds. The van der Waals surface area contributed by atoms with Crippen LogP contribution in [0.25, 0.3) is 0 Å². The smallest absolute Gasteiger partial charge is 0.314 e. The fraction of sp³-hybridized carbons (Fsp3) is 0.417. The van der Waals surface area contributed by atoms with Crippen LogP contribution in [0.1, 0.15) is 51.4 Å². The third-order valence-corrected chi connectivity index (χ3v) is 7.88. The minimum absolute atomic E-state index is 0.0290. The van der Waals surface area contributed by atoms with Crippen LogP contribution in [0.5, 0.6) is 0 Å². The Kier molecular flexibility index (Phi) is 7.49. The van der Waals surface area contributed by atoms with Crippen molar-refractivity contribution in [2.45, 2.75) is 50.2 Å². The van der Waals surface area contributed by atoms with Crippen LogP contribution >= 0.6 is 22.9 Å². The topological polar surface area (TPSA) is 142 Å². The van der Waals surface area contributed by atoms with E-state index in [1.54, 1.807) is 12.3 Å². The number of nitrogens with zero attached hydrogens (tertiary/aromatic N) is 4. The second-order valence-corrected chi connectivity index (χ2v) is 10.8. The largest absolute Gasteiger partial charge is 0.449 e. The molecule has 0 spiro atoms. The van der Waals surface area contributed by atoms with Gasteiger partial charge in [-0.05, 0) is 38.4 Å². The number of aromatic nitrogens is 3. The maximum atomic E-state index is 13.2. The number of oxazole rings is 1. The molecular weight excluding hydrogens is 518 g/mol. The number of hydrogen-bond donors (Lipinski definition) is 3. The molecule has 3 N–H and O–H groups in total. The molecule has 3 aromatic heterocycles. The standard InChI is InChI=1S/C24H26ClN7O4S/c1-32-8-6-16-18(12-32)37-24(30-16)22(35)29-17-10-13(23-26-7-9-36-23)2-4-15(17)28-20(33)21(34)31-19-5-3-14(25)11-27-19/h3,5,7,9,11,13,15,17H,2,4,6,8,10,12H2,1H3,(H,28,33)(H,29,35)(H,27,31,34)/t13-,15-,17+/m0/s1. The summed E-state index contributed by atoms with van der Waals surface area (Å²) in [6.07, 6.45) is 6.98. The maximum Gasteiger partial charge on any atom is 0.314 e. The lowest BCUT2D eigenvalue weighted by atomic mass is 9.82. The second-order valence-electron chi connectivity index (χ2n) is 9.23. The van der Waals surface area contributed by atoms with Crippen LogP contribution in [0.3, 0.4) is 0 Å². The monoisotopic (exact) mass is 543 g/mol. The average molecular weight is 544 g/mol. The quantitative estimate of drug-likeness (QED) is 0.416. The number of carbonyl (C=O) groups is 3. The molecule has 0 radical (unpaired) electrons. The molecule has 0 aromatic carbocycles. The molecule has 4 heterocycles. The Balaban J connectivity index is 1.28. The summed E-state index contributed by atoms with van der Waals surface area (Å²) in [5, 5.41) is 9.10. The number of nitrogens with one attached hydrogen (secondary N) is 3. The lowest BCUT2D eigenvalue weighted by Crippen LogP contribution is -2.56. The SMILES string of the molecule is CN1CCc2nc(C(=O)N[C@@H]3C[C@@H](c4ncco4)CC[C@@H]3NC(=O)C(=O)Nc3ccc(Cl)cn3)sc2C1. The fourth-order valence-corrected chi connectivity index (χ4v) is 5.87. The lowest BCUT2D eigenvalue weighted by molar-refractivity contribution is -0.136. The number of fused-ring (bicyclic) bond motifs is 1. The molecule has 1 aliphatic carbocycles. The third kappa shape index (κ3) is 5.97. The van der Waals surface area contributed by atoms with E-state index in [2.05, 4.69) is 35.8 Å². The molecule has 2 aliphatic rings. The maximum absolute atomic E-state index is 13.2. The van der Waals surface area contributed by atoms with Crippen molar-refractivity contribution in [2.24, 2.45) is 0 Å². The van der Waals surface area contributed by atoms with E-state index in [-0.39, 0.29) is 17.6 Å². The zero-order valence-corrected chi connectivity index (χ0v) is 21.6. The highest BCUT2D eigenvalue weighted by atomic mass is 35.5. The van der Waals surface area contributed by atoms with E-state index in [0.29, 0.717) is 35.2 Å². The van der Waals surface area contributed by atoms with Crippen molar-refractivity contribution >= 4 is 46.5 Å². The Morgan fingerprint density at radius 2 is 2.00 bits per heavy atom. The van der Waals surface area contributed by atoms with Crippen LogP contribution in [-0.2, 0) is 22.6 Å². The van der Waals surface area contributed by atoms with Gasteiger partial charge in [-0.15, -0.1) is 11.3 Å². The molecule has 0 bridgehead atoms. The van der Waals surface area contributed by atoms with Crippen LogP contribution in [0.2, 0.25) is 5.02 Å². The Morgan fingerprint density at radius 3 is 2.76 bits per heavy atom. The highest BCUT2D eigenvalue weighted by Gasteiger charge is 2.36. The van der Waals surface area contributed by atoms with Crippen molar-refractivity contribution in [2.75, 3.05) is 18.9 Å². The minimum atomic E-state index is -0.855. The molecule has 194 valence electrons. The number of rotatable bonds is 5. The van der Waals surface area contributed by atoms with Gasteiger partial charge in [0.1, 0.15) is 12.1 Å². The van der Waals surface area contributed by atoms with Gasteiger partial charge in [0.15, 0.2) is 10.9 Å². The second kappa shape index (κ2) is 11.0. The molecule has 1 fully saturated rings. The van der Waals surface area contributed by atoms with E-state index in [9.17, 15) is 14.4 Å². The number of anilines is 1. The van der Waals surface area contributed by atoms with Gasteiger partial charge in [0.05, 0.1) is 23.0 Å². The van der Waals surface area contributed by atoms with E-state index in [1.807, 2.05) is 7.05 Å². The summed E-state index contributed by atoms with van der Waals surface area (Å²) in [6.45, 7) is 1.67. The van der Waals surface area contributed by atoms with Gasteiger partial charge in [-0.3, -0.25) is 14.4 Å². The van der Waals surface area contributed by atoms with Crippen molar-refractivity contribution in [3.05, 3.63) is 57.3 Å². The highest BCUT2D eigenvalue weighted by molar-refractivity contribution is 7.13.